The van der Waals surface area contributed by atoms with E-state index in [1.807, 2.05) is 6.20 Å². The molecule has 2 aromatic heterocycles. The summed E-state index contributed by atoms with van der Waals surface area (Å²) in [6, 6.07) is 0.726. The topological polar surface area (TPSA) is 74.5 Å². The third-order valence-corrected chi connectivity index (χ3v) is 4.01. The van der Waals surface area contributed by atoms with Crippen LogP contribution in [0.2, 0.25) is 0 Å². The molecule has 100 valence electrons. The highest BCUT2D eigenvalue weighted by atomic mass is 15.5. The molecule has 2 aliphatic heterocycles. The largest absolute Gasteiger partial charge is 0.353 e. The second-order valence-electron chi connectivity index (χ2n) is 5.05. The quantitative estimate of drug-likeness (QED) is 0.713. The molecule has 2 saturated heterocycles. The summed E-state index contributed by atoms with van der Waals surface area (Å²) in [5.41, 5.74) is 0.697. The van der Waals surface area contributed by atoms with Crippen LogP contribution in [-0.4, -0.2) is 75.2 Å². The number of nitrogens with one attached hydrogen (secondary N) is 1. The molecule has 8 heteroatoms. The molecule has 0 saturated carbocycles. The van der Waals surface area contributed by atoms with Crippen LogP contribution in [0.4, 0.5) is 5.82 Å². The van der Waals surface area contributed by atoms with Gasteiger partial charge in [-0.05, 0) is 10.4 Å². The van der Waals surface area contributed by atoms with E-state index in [0.29, 0.717) is 5.65 Å². The molecule has 1 N–H and O–H groups in total. The predicted octanol–water partition coefficient (Wildman–Crippen LogP) is -1.39. The van der Waals surface area contributed by atoms with Crippen LogP contribution in [0.25, 0.3) is 5.65 Å². The van der Waals surface area contributed by atoms with Gasteiger partial charge < -0.3 is 10.2 Å². The summed E-state index contributed by atoms with van der Waals surface area (Å²) in [4.78, 5) is 9.07. The average Bonchev–Trinajstić information content (AvgIpc) is 2.86. The van der Waals surface area contributed by atoms with Crippen LogP contribution < -0.4 is 10.2 Å². The third-order valence-electron chi connectivity index (χ3n) is 4.01. The highest BCUT2D eigenvalue weighted by Crippen LogP contribution is 2.17. The van der Waals surface area contributed by atoms with Crippen LogP contribution in [0, 0.1) is 0 Å². The first kappa shape index (κ1) is 11.1. The van der Waals surface area contributed by atoms with E-state index in [0.717, 1.165) is 51.1 Å². The van der Waals surface area contributed by atoms with Crippen molar-refractivity contribution in [3.63, 3.8) is 0 Å². The van der Waals surface area contributed by atoms with E-state index in [4.69, 9.17) is 0 Å². The standard InChI is InChI=1S/C11H16N8/c1-3-18(4-2-17(1)9-5-12-6-9)11-8-13-7-10-14-15-16-19(10)11/h7-9,12H,1-6H2. The molecule has 0 atom stereocenters. The van der Waals surface area contributed by atoms with Crippen molar-refractivity contribution in [2.24, 2.45) is 0 Å². The average molecular weight is 260 g/mol. The molecule has 8 nitrogen and oxygen atoms in total. The van der Waals surface area contributed by atoms with E-state index in [9.17, 15) is 0 Å². The number of nitrogens with zero attached hydrogens (tertiary/aromatic N) is 7. The van der Waals surface area contributed by atoms with Gasteiger partial charge >= 0.3 is 0 Å². The molecule has 0 bridgehead atoms. The van der Waals surface area contributed by atoms with Crippen LogP contribution in [0.15, 0.2) is 12.4 Å². The normalized spacial score (nSPS) is 21.8. The molecule has 0 unspecified atom stereocenters. The zero-order valence-electron chi connectivity index (χ0n) is 10.6. The number of piperazine rings is 1. The van der Waals surface area contributed by atoms with Gasteiger partial charge in [-0.15, -0.1) is 5.10 Å². The minimum absolute atomic E-state index is 0.697. The third kappa shape index (κ3) is 1.83. The van der Waals surface area contributed by atoms with Gasteiger partial charge in [0.15, 0.2) is 11.5 Å². The molecule has 2 fully saturated rings. The van der Waals surface area contributed by atoms with Crippen molar-refractivity contribution in [1.82, 2.24) is 35.2 Å². The fourth-order valence-corrected chi connectivity index (χ4v) is 2.73. The molecule has 4 rings (SSSR count). The minimum Gasteiger partial charge on any atom is -0.353 e. The number of aromatic nitrogens is 5. The Balaban J connectivity index is 1.52. The van der Waals surface area contributed by atoms with Gasteiger partial charge in [0.1, 0.15) is 0 Å². The molecule has 19 heavy (non-hydrogen) atoms. The summed E-state index contributed by atoms with van der Waals surface area (Å²) in [5.74, 6) is 0.980. The molecule has 0 spiro atoms. The highest BCUT2D eigenvalue weighted by molar-refractivity contribution is 5.46. The predicted molar refractivity (Wildman–Crippen MR) is 69.0 cm³/mol. The van der Waals surface area contributed by atoms with Crippen LogP contribution in [0.1, 0.15) is 0 Å². The van der Waals surface area contributed by atoms with Crippen molar-refractivity contribution in [2.45, 2.75) is 6.04 Å². The van der Waals surface area contributed by atoms with E-state index < -0.39 is 0 Å². The summed E-state index contributed by atoms with van der Waals surface area (Å²) in [6.45, 7) is 6.43. The van der Waals surface area contributed by atoms with E-state index in [1.54, 1.807) is 10.7 Å². The summed E-state index contributed by atoms with van der Waals surface area (Å²) in [7, 11) is 0. The van der Waals surface area contributed by atoms with Crippen molar-refractivity contribution in [3.05, 3.63) is 12.4 Å². The summed E-state index contributed by atoms with van der Waals surface area (Å²) < 4.78 is 1.76. The first-order valence-corrected chi connectivity index (χ1v) is 6.63. The van der Waals surface area contributed by atoms with Crippen molar-refractivity contribution >= 4 is 11.5 Å². The van der Waals surface area contributed by atoms with E-state index in [2.05, 4.69) is 35.6 Å². The van der Waals surface area contributed by atoms with E-state index in [-0.39, 0.29) is 0 Å². The molecule has 2 aromatic rings. The lowest BCUT2D eigenvalue weighted by atomic mass is 10.1. The molecule has 0 aliphatic carbocycles. The number of hydrogen-bond acceptors (Lipinski definition) is 7. The number of rotatable bonds is 2. The molecule has 2 aliphatic rings. The number of fused-ring (bicyclic) bond motifs is 1. The highest BCUT2D eigenvalue weighted by Gasteiger charge is 2.28. The van der Waals surface area contributed by atoms with Gasteiger partial charge in [-0.25, -0.2) is 0 Å². The number of tetrazole rings is 1. The molecular weight excluding hydrogens is 244 g/mol. The maximum atomic E-state index is 4.21. The Bertz CT molecular complexity index is 569. The Labute approximate surface area is 110 Å². The van der Waals surface area contributed by atoms with E-state index in [1.165, 1.54) is 0 Å². The first-order chi connectivity index (χ1) is 9.42. The van der Waals surface area contributed by atoms with Gasteiger partial charge in [-0.2, -0.15) is 4.52 Å². The maximum absolute atomic E-state index is 4.21. The smallest absolute Gasteiger partial charge is 0.199 e. The van der Waals surface area contributed by atoms with E-state index >= 15 is 0 Å². The zero-order valence-corrected chi connectivity index (χ0v) is 10.6. The lowest BCUT2D eigenvalue weighted by Crippen LogP contribution is -2.61. The molecular formula is C11H16N8. The fourth-order valence-electron chi connectivity index (χ4n) is 2.73. The van der Waals surface area contributed by atoms with Gasteiger partial charge in [-0.3, -0.25) is 9.88 Å². The zero-order chi connectivity index (χ0) is 12.7. The van der Waals surface area contributed by atoms with Crippen molar-refractivity contribution < 1.29 is 0 Å². The second kappa shape index (κ2) is 4.39. The molecule has 4 heterocycles. The monoisotopic (exact) mass is 260 g/mol. The van der Waals surface area contributed by atoms with Gasteiger partial charge in [0.25, 0.3) is 0 Å². The minimum atomic E-state index is 0.697. The Hall–Kier alpha value is -1.80. The Morgan fingerprint density at radius 1 is 1.11 bits per heavy atom. The maximum Gasteiger partial charge on any atom is 0.199 e. The lowest BCUT2D eigenvalue weighted by Gasteiger charge is -2.43. The summed E-state index contributed by atoms with van der Waals surface area (Å²) >= 11 is 0. The van der Waals surface area contributed by atoms with Crippen molar-refractivity contribution in [3.8, 4) is 0 Å². The van der Waals surface area contributed by atoms with Gasteiger partial charge in [0, 0.05) is 45.3 Å². The van der Waals surface area contributed by atoms with Gasteiger partial charge in [0.2, 0.25) is 0 Å². The molecule has 0 amide bonds. The van der Waals surface area contributed by atoms with Crippen LogP contribution >= 0.6 is 0 Å². The van der Waals surface area contributed by atoms with Crippen molar-refractivity contribution in [2.75, 3.05) is 44.2 Å². The summed E-state index contributed by atoms with van der Waals surface area (Å²) in [6.07, 6.45) is 3.52. The summed E-state index contributed by atoms with van der Waals surface area (Å²) in [5, 5.41) is 15.0. The molecule has 0 radical (unpaired) electrons. The number of anilines is 1. The van der Waals surface area contributed by atoms with Crippen LogP contribution in [0.3, 0.4) is 0 Å². The SMILES string of the molecule is c1ncc2nnnn2c1N1CCN(C2CNC2)CC1. The van der Waals surface area contributed by atoms with Gasteiger partial charge in [-0.1, -0.05) is 0 Å². The van der Waals surface area contributed by atoms with Crippen LogP contribution in [0.5, 0.6) is 0 Å². The van der Waals surface area contributed by atoms with Gasteiger partial charge in [0.05, 0.1) is 12.4 Å². The Kier molecular flexibility index (Phi) is 2.56. The lowest BCUT2D eigenvalue weighted by molar-refractivity contribution is 0.137. The molecule has 0 aromatic carbocycles. The van der Waals surface area contributed by atoms with Crippen molar-refractivity contribution in [1.29, 1.82) is 0 Å². The Morgan fingerprint density at radius 2 is 1.95 bits per heavy atom. The van der Waals surface area contributed by atoms with Crippen LogP contribution in [-0.2, 0) is 0 Å². The Morgan fingerprint density at radius 3 is 2.68 bits per heavy atom. The first-order valence-electron chi connectivity index (χ1n) is 6.63. The second-order valence-corrected chi connectivity index (χ2v) is 5.05. The number of hydrogen-bond donors (Lipinski definition) is 1. The fraction of sp³-hybridized carbons (Fsp3) is 0.636.